The van der Waals surface area contributed by atoms with Crippen molar-refractivity contribution in [3.63, 3.8) is 0 Å². The van der Waals surface area contributed by atoms with Crippen molar-refractivity contribution in [2.75, 3.05) is 13.2 Å². The van der Waals surface area contributed by atoms with Gasteiger partial charge in [0, 0.05) is 12.8 Å². The first kappa shape index (κ1) is 17.0. The van der Waals surface area contributed by atoms with Crippen molar-refractivity contribution < 1.29 is 14.6 Å². The molecule has 1 aliphatic heterocycles. The quantitative estimate of drug-likeness (QED) is 0.699. The number of ether oxygens (including phenoxy) is 2. The molecule has 3 nitrogen and oxygen atoms in total. The van der Waals surface area contributed by atoms with Gasteiger partial charge >= 0.3 is 0 Å². The summed E-state index contributed by atoms with van der Waals surface area (Å²) in [5.74, 6) is 2.92. The van der Waals surface area contributed by atoms with Crippen LogP contribution < -0.4 is 0 Å². The highest BCUT2D eigenvalue weighted by Gasteiger charge is 2.64. The van der Waals surface area contributed by atoms with Gasteiger partial charge in [-0.25, -0.2) is 0 Å². The number of hydrogen-bond donors (Lipinski definition) is 1. The highest BCUT2D eigenvalue weighted by molar-refractivity contribution is 5.13. The Morgan fingerprint density at radius 2 is 1.52 bits per heavy atom. The van der Waals surface area contributed by atoms with E-state index in [4.69, 9.17) is 9.47 Å². The Labute approximate surface area is 152 Å². The molecule has 1 N–H and O–H groups in total. The molecule has 142 valence electrons. The molecule has 0 aromatic heterocycles. The summed E-state index contributed by atoms with van der Waals surface area (Å²) in [7, 11) is 0. The first-order chi connectivity index (χ1) is 11.8. The first-order valence-corrected chi connectivity index (χ1v) is 10.8. The van der Waals surface area contributed by atoms with Crippen molar-refractivity contribution in [2.45, 2.75) is 89.9 Å². The van der Waals surface area contributed by atoms with E-state index >= 15 is 0 Å². The van der Waals surface area contributed by atoms with E-state index in [9.17, 15) is 5.11 Å². The summed E-state index contributed by atoms with van der Waals surface area (Å²) in [4.78, 5) is 0. The van der Waals surface area contributed by atoms with E-state index in [0.29, 0.717) is 5.41 Å². The molecule has 5 aliphatic rings. The fourth-order valence-corrected chi connectivity index (χ4v) is 8.20. The predicted octanol–water partition coefficient (Wildman–Crippen LogP) is 4.52. The number of aliphatic hydroxyl groups is 1. The molecule has 0 unspecified atom stereocenters. The molecule has 0 aromatic rings. The van der Waals surface area contributed by atoms with Crippen LogP contribution in [0.2, 0.25) is 0 Å². The molecule has 1 heterocycles. The first-order valence-electron chi connectivity index (χ1n) is 10.8. The van der Waals surface area contributed by atoms with Gasteiger partial charge in [-0.1, -0.05) is 13.8 Å². The van der Waals surface area contributed by atoms with Crippen molar-refractivity contribution in [3.05, 3.63) is 0 Å². The maximum absolute atomic E-state index is 11.0. The van der Waals surface area contributed by atoms with E-state index in [1.165, 1.54) is 38.5 Å². The average molecular weight is 349 g/mol. The lowest BCUT2D eigenvalue weighted by Gasteiger charge is -2.62. The third kappa shape index (κ3) is 2.15. The number of rotatable bonds is 0. The minimum absolute atomic E-state index is 0.144. The molecule has 0 amide bonds. The Kier molecular flexibility index (Phi) is 3.56. The van der Waals surface area contributed by atoms with Gasteiger partial charge in [0.2, 0.25) is 0 Å². The van der Waals surface area contributed by atoms with Crippen LogP contribution in [0.5, 0.6) is 0 Å². The van der Waals surface area contributed by atoms with Gasteiger partial charge in [0.05, 0.1) is 18.8 Å². The Morgan fingerprint density at radius 1 is 0.800 bits per heavy atom. The molecule has 0 radical (unpaired) electrons. The van der Waals surface area contributed by atoms with Crippen LogP contribution in [0.25, 0.3) is 0 Å². The molecule has 0 aromatic carbocycles. The summed E-state index contributed by atoms with van der Waals surface area (Å²) >= 11 is 0. The molecule has 0 bridgehead atoms. The second kappa shape index (κ2) is 5.23. The maximum Gasteiger partial charge on any atom is 0.168 e. The van der Waals surface area contributed by atoms with Gasteiger partial charge < -0.3 is 14.6 Å². The zero-order chi connectivity index (χ0) is 17.5. The minimum Gasteiger partial charge on any atom is -0.390 e. The van der Waals surface area contributed by atoms with Crippen molar-refractivity contribution in [3.8, 4) is 0 Å². The summed E-state index contributed by atoms with van der Waals surface area (Å²) in [6.45, 7) is 8.66. The van der Waals surface area contributed by atoms with Gasteiger partial charge in [-0.15, -0.1) is 0 Å². The van der Waals surface area contributed by atoms with E-state index < -0.39 is 5.60 Å². The van der Waals surface area contributed by atoms with Crippen molar-refractivity contribution in [2.24, 2.45) is 34.5 Å². The van der Waals surface area contributed by atoms with Gasteiger partial charge in [-0.2, -0.15) is 0 Å². The normalized spacial score (nSPS) is 57.1. The van der Waals surface area contributed by atoms with Gasteiger partial charge in [0.1, 0.15) is 0 Å². The number of fused-ring (bicyclic) bond motifs is 5. The van der Waals surface area contributed by atoms with E-state index in [1.807, 2.05) is 0 Å². The van der Waals surface area contributed by atoms with Gasteiger partial charge in [-0.3, -0.25) is 0 Å². The zero-order valence-electron chi connectivity index (χ0n) is 16.4. The Hall–Kier alpha value is -0.120. The molecule has 3 heteroatoms. The third-order valence-electron chi connectivity index (χ3n) is 10.0. The maximum atomic E-state index is 11.0. The predicted molar refractivity (Wildman–Crippen MR) is 97.0 cm³/mol. The van der Waals surface area contributed by atoms with Crippen LogP contribution in [0.4, 0.5) is 0 Å². The van der Waals surface area contributed by atoms with Crippen LogP contribution in [-0.2, 0) is 9.47 Å². The summed E-state index contributed by atoms with van der Waals surface area (Å²) in [5, 5.41) is 11.0. The second-order valence-electron chi connectivity index (χ2n) is 10.7. The summed E-state index contributed by atoms with van der Waals surface area (Å²) in [6.07, 6.45) is 10.9. The highest BCUT2D eigenvalue weighted by atomic mass is 16.7. The molecule has 5 fully saturated rings. The van der Waals surface area contributed by atoms with Crippen molar-refractivity contribution in [1.82, 2.24) is 0 Å². The zero-order valence-corrected chi connectivity index (χ0v) is 16.4. The lowest BCUT2D eigenvalue weighted by molar-refractivity contribution is -0.232. The van der Waals surface area contributed by atoms with Gasteiger partial charge in [-0.05, 0) is 86.4 Å². The minimum atomic E-state index is -0.456. The molecule has 7 atom stereocenters. The average Bonchev–Trinajstić information content (AvgIpc) is 3.11. The fraction of sp³-hybridized carbons (Fsp3) is 1.00. The smallest absolute Gasteiger partial charge is 0.168 e. The summed E-state index contributed by atoms with van der Waals surface area (Å²) in [6, 6.07) is 0. The van der Waals surface area contributed by atoms with Crippen LogP contribution in [0.15, 0.2) is 0 Å². The topological polar surface area (TPSA) is 38.7 Å². The fourth-order valence-electron chi connectivity index (χ4n) is 8.20. The summed E-state index contributed by atoms with van der Waals surface area (Å²) in [5.41, 5.74) is 0.146. The Bertz CT molecular complexity index is 551. The largest absolute Gasteiger partial charge is 0.390 e. The molecule has 1 saturated heterocycles. The Balaban J connectivity index is 1.41. The lowest BCUT2D eigenvalue weighted by atomic mass is 9.44. The highest BCUT2D eigenvalue weighted by Crippen LogP contribution is 2.69. The molecule has 4 saturated carbocycles. The molecule has 5 rings (SSSR count). The van der Waals surface area contributed by atoms with E-state index in [2.05, 4.69) is 20.8 Å². The third-order valence-corrected chi connectivity index (χ3v) is 10.0. The second-order valence-corrected chi connectivity index (χ2v) is 10.7. The molecular formula is C22H36O3. The van der Waals surface area contributed by atoms with Crippen LogP contribution in [0.1, 0.15) is 78.6 Å². The van der Waals surface area contributed by atoms with Crippen molar-refractivity contribution >= 4 is 0 Å². The van der Waals surface area contributed by atoms with E-state index in [1.54, 1.807) is 0 Å². The van der Waals surface area contributed by atoms with Crippen LogP contribution in [0, 0.1) is 34.5 Å². The van der Waals surface area contributed by atoms with Crippen molar-refractivity contribution in [1.29, 1.82) is 0 Å². The van der Waals surface area contributed by atoms with Gasteiger partial charge in [0.15, 0.2) is 5.79 Å². The monoisotopic (exact) mass is 348 g/mol. The van der Waals surface area contributed by atoms with Gasteiger partial charge in [0.25, 0.3) is 0 Å². The molecule has 4 aliphatic carbocycles. The molecule has 1 spiro atoms. The van der Waals surface area contributed by atoms with E-state index in [-0.39, 0.29) is 11.2 Å². The standard InChI is InChI=1S/C22H36O3/c1-19-10-11-22(24-12-13-25-22)14-15(19)4-5-16-17(19)6-8-20(2)18(16)7-9-21(20,3)23/h15-18,23H,4-14H2,1-3H3/t15-,16+,17-,18+,19+,20+,21-/m0/s1. The van der Waals surface area contributed by atoms with Crippen LogP contribution >= 0.6 is 0 Å². The lowest BCUT2D eigenvalue weighted by Crippen LogP contribution is -2.57. The van der Waals surface area contributed by atoms with E-state index in [0.717, 1.165) is 56.1 Å². The van der Waals surface area contributed by atoms with Crippen LogP contribution in [-0.4, -0.2) is 29.7 Å². The Morgan fingerprint density at radius 3 is 2.28 bits per heavy atom. The molecule has 25 heavy (non-hydrogen) atoms. The SMILES string of the molecule is C[C@@]12CCC3(C[C@@H]1CC[C@H]1[C@H]4CC[C@](C)(O)[C@]4(C)CC[C@@H]12)OCCO3. The van der Waals surface area contributed by atoms with Crippen LogP contribution in [0.3, 0.4) is 0 Å². The molecular weight excluding hydrogens is 312 g/mol. The summed E-state index contributed by atoms with van der Waals surface area (Å²) < 4.78 is 12.1. The number of hydrogen-bond acceptors (Lipinski definition) is 3.